The second-order valence-corrected chi connectivity index (χ2v) is 5.52. The summed E-state index contributed by atoms with van der Waals surface area (Å²) in [6.07, 6.45) is 5.10. The number of fused-ring (bicyclic) bond motifs is 1. The minimum Gasteiger partial charge on any atom is -0.423 e. The summed E-state index contributed by atoms with van der Waals surface area (Å²) in [7, 11) is 0. The van der Waals surface area contributed by atoms with Crippen LogP contribution >= 0.6 is 11.3 Å². The molecule has 0 N–H and O–H groups in total. The Kier molecular flexibility index (Phi) is 3.03. The highest BCUT2D eigenvalue weighted by atomic mass is 32.1. The fraction of sp³-hybridized carbons (Fsp3) is 0.583. The van der Waals surface area contributed by atoms with Gasteiger partial charge in [0.05, 0.1) is 0 Å². The number of hydrogen-bond donors (Lipinski definition) is 0. The fourth-order valence-corrected chi connectivity index (χ4v) is 3.39. The first-order valence-corrected chi connectivity index (χ1v) is 7.12. The molecule has 1 aliphatic rings. The van der Waals surface area contributed by atoms with Crippen LogP contribution in [-0.2, 0) is 25.8 Å². The van der Waals surface area contributed by atoms with Gasteiger partial charge in [0.1, 0.15) is 6.54 Å². The van der Waals surface area contributed by atoms with E-state index in [-0.39, 0.29) is 4.87 Å². The Morgan fingerprint density at radius 3 is 2.83 bits per heavy atom. The number of aryl methyl sites for hydroxylation is 2. The Morgan fingerprint density at radius 2 is 2.06 bits per heavy atom. The molecule has 0 aliphatic heterocycles. The van der Waals surface area contributed by atoms with Gasteiger partial charge in [-0.3, -0.25) is 9.36 Å². The summed E-state index contributed by atoms with van der Waals surface area (Å²) in [5.41, 5.74) is 1.17. The van der Waals surface area contributed by atoms with Gasteiger partial charge in [0.25, 0.3) is 0 Å². The Hall–Kier alpha value is -1.43. The van der Waals surface area contributed by atoms with Crippen LogP contribution in [0.5, 0.6) is 0 Å². The largest absolute Gasteiger partial charge is 0.423 e. The summed E-state index contributed by atoms with van der Waals surface area (Å²) in [5, 5.41) is 7.91. The van der Waals surface area contributed by atoms with Crippen LogP contribution in [0.4, 0.5) is 0 Å². The Bertz CT molecular complexity index is 611. The number of rotatable bonds is 3. The van der Waals surface area contributed by atoms with Gasteiger partial charge in [-0.1, -0.05) is 18.3 Å². The molecule has 0 saturated carbocycles. The molecule has 0 radical (unpaired) electrons. The molecule has 2 aromatic heterocycles. The molecule has 18 heavy (non-hydrogen) atoms. The van der Waals surface area contributed by atoms with Crippen LogP contribution in [0.1, 0.15) is 42.1 Å². The van der Waals surface area contributed by atoms with Crippen molar-refractivity contribution in [3.8, 4) is 0 Å². The smallest absolute Gasteiger partial charge is 0.308 e. The van der Waals surface area contributed by atoms with E-state index in [0.29, 0.717) is 18.3 Å². The highest BCUT2D eigenvalue weighted by Gasteiger charge is 2.19. The summed E-state index contributed by atoms with van der Waals surface area (Å²) >= 11 is 1.37. The van der Waals surface area contributed by atoms with Crippen LogP contribution in [0.15, 0.2) is 9.21 Å². The SMILES string of the molecule is CCc1nnc(Cn2c3c(sc2=O)CCCC3)o1. The van der Waals surface area contributed by atoms with Crippen molar-refractivity contribution in [1.29, 1.82) is 0 Å². The lowest BCUT2D eigenvalue weighted by atomic mass is 10.0. The third-order valence-corrected chi connectivity index (χ3v) is 4.33. The summed E-state index contributed by atoms with van der Waals surface area (Å²) in [5.74, 6) is 1.15. The average Bonchev–Trinajstić information content (AvgIpc) is 2.96. The second-order valence-electron chi connectivity index (χ2n) is 4.47. The molecule has 0 aromatic carbocycles. The van der Waals surface area contributed by atoms with Gasteiger partial charge in [-0.15, -0.1) is 10.2 Å². The predicted octanol–water partition coefficient (Wildman–Crippen LogP) is 1.78. The van der Waals surface area contributed by atoms with Crippen LogP contribution < -0.4 is 4.87 Å². The zero-order valence-electron chi connectivity index (χ0n) is 10.3. The molecule has 3 rings (SSSR count). The van der Waals surface area contributed by atoms with Gasteiger partial charge in [0, 0.05) is 17.0 Å². The van der Waals surface area contributed by atoms with Gasteiger partial charge in [-0.05, 0) is 25.7 Å². The maximum Gasteiger partial charge on any atom is 0.308 e. The van der Waals surface area contributed by atoms with E-state index >= 15 is 0 Å². The standard InChI is InChI=1S/C12H15N3O2S/c1-2-10-13-14-11(17-10)7-15-8-5-3-4-6-9(8)18-12(15)16/h2-7H2,1H3. The molecule has 5 nitrogen and oxygen atoms in total. The van der Waals surface area contributed by atoms with Crippen LogP contribution in [0.3, 0.4) is 0 Å². The van der Waals surface area contributed by atoms with Gasteiger partial charge < -0.3 is 4.42 Å². The van der Waals surface area contributed by atoms with Crippen molar-refractivity contribution in [3.63, 3.8) is 0 Å². The number of thiazole rings is 1. The first-order chi connectivity index (χ1) is 8.78. The highest BCUT2D eigenvalue weighted by Crippen LogP contribution is 2.23. The molecular weight excluding hydrogens is 250 g/mol. The summed E-state index contributed by atoms with van der Waals surface area (Å²) in [6.45, 7) is 2.38. The average molecular weight is 265 g/mol. The molecular formula is C12H15N3O2S. The zero-order valence-corrected chi connectivity index (χ0v) is 11.1. The quantitative estimate of drug-likeness (QED) is 0.848. The van der Waals surface area contributed by atoms with Gasteiger partial charge in [0.2, 0.25) is 11.8 Å². The minimum atomic E-state index is 0.0955. The molecule has 0 bridgehead atoms. The first-order valence-electron chi connectivity index (χ1n) is 6.30. The lowest BCUT2D eigenvalue weighted by molar-refractivity contribution is 0.436. The monoisotopic (exact) mass is 265 g/mol. The molecule has 2 heterocycles. The van der Waals surface area contributed by atoms with Crippen molar-refractivity contribution in [2.24, 2.45) is 0 Å². The maximum absolute atomic E-state index is 12.0. The van der Waals surface area contributed by atoms with Crippen LogP contribution in [0, 0.1) is 0 Å². The second kappa shape index (κ2) is 4.68. The molecule has 2 aromatic rings. The zero-order chi connectivity index (χ0) is 12.5. The predicted molar refractivity (Wildman–Crippen MR) is 68.0 cm³/mol. The van der Waals surface area contributed by atoms with E-state index in [4.69, 9.17) is 4.42 Å². The Balaban J connectivity index is 1.92. The van der Waals surface area contributed by atoms with Crippen molar-refractivity contribution in [2.75, 3.05) is 0 Å². The topological polar surface area (TPSA) is 60.9 Å². The number of aromatic nitrogens is 3. The lowest BCUT2D eigenvalue weighted by Gasteiger charge is -2.12. The van der Waals surface area contributed by atoms with E-state index in [0.717, 1.165) is 25.7 Å². The third-order valence-electron chi connectivity index (χ3n) is 3.25. The minimum absolute atomic E-state index is 0.0955. The molecule has 0 spiro atoms. The van der Waals surface area contributed by atoms with Crippen LogP contribution in [0.2, 0.25) is 0 Å². The highest BCUT2D eigenvalue weighted by molar-refractivity contribution is 7.09. The fourth-order valence-electron chi connectivity index (χ4n) is 2.32. The first kappa shape index (κ1) is 11.6. The molecule has 0 saturated heterocycles. The Morgan fingerprint density at radius 1 is 1.28 bits per heavy atom. The van der Waals surface area contributed by atoms with Gasteiger partial charge in [-0.2, -0.15) is 0 Å². The molecule has 6 heteroatoms. The van der Waals surface area contributed by atoms with E-state index in [1.165, 1.54) is 28.3 Å². The lowest BCUT2D eigenvalue weighted by Crippen LogP contribution is -2.18. The normalized spacial score (nSPS) is 14.7. The third kappa shape index (κ3) is 2.01. The van der Waals surface area contributed by atoms with E-state index in [1.807, 2.05) is 6.92 Å². The summed E-state index contributed by atoms with van der Waals surface area (Å²) in [4.78, 5) is 13.3. The van der Waals surface area contributed by atoms with E-state index < -0.39 is 0 Å². The van der Waals surface area contributed by atoms with Crippen molar-refractivity contribution >= 4 is 11.3 Å². The molecule has 1 aliphatic carbocycles. The van der Waals surface area contributed by atoms with Crippen LogP contribution in [0.25, 0.3) is 0 Å². The van der Waals surface area contributed by atoms with Crippen molar-refractivity contribution in [1.82, 2.24) is 14.8 Å². The molecule has 0 amide bonds. The van der Waals surface area contributed by atoms with Crippen molar-refractivity contribution in [2.45, 2.75) is 45.6 Å². The molecule has 0 atom stereocenters. The molecule has 96 valence electrons. The van der Waals surface area contributed by atoms with E-state index in [2.05, 4.69) is 10.2 Å². The van der Waals surface area contributed by atoms with E-state index in [1.54, 1.807) is 4.57 Å². The maximum atomic E-state index is 12.0. The van der Waals surface area contributed by atoms with Crippen molar-refractivity contribution < 1.29 is 4.42 Å². The Labute approximate surface area is 108 Å². The number of nitrogens with zero attached hydrogens (tertiary/aromatic N) is 3. The van der Waals surface area contributed by atoms with Crippen LogP contribution in [-0.4, -0.2) is 14.8 Å². The molecule has 0 fully saturated rings. The van der Waals surface area contributed by atoms with Gasteiger partial charge in [0.15, 0.2) is 0 Å². The number of hydrogen-bond acceptors (Lipinski definition) is 5. The summed E-state index contributed by atoms with van der Waals surface area (Å²) < 4.78 is 7.27. The van der Waals surface area contributed by atoms with Gasteiger partial charge in [-0.25, -0.2) is 0 Å². The van der Waals surface area contributed by atoms with Gasteiger partial charge >= 0.3 is 4.87 Å². The summed E-state index contributed by atoms with van der Waals surface area (Å²) in [6, 6.07) is 0. The van der Waals surface area contributed by atoms with Crippen molar-refractivity contribution in [3.05, 3.63) is 32.0 Å². The van der Waals surface area contributed by atoms with E-state index in [9.17, 15) is 4.79 Å². The molecule has 0 unspecified atom stereocenters.